The fraction of sp³-hybridized carbons (Fsp3) is 0.375. The van der Waals surface area contributed by atoms with E-state index >= 15 is 0 Å². The molecule has 0 radical (unpaired) electrons. The van der Waals surface area contributed by atoms with Crippen LogP contribution in [-0.2, 0) is 6.54 Å². The number of nitrogens with one attached hydrogen (secondary N) is 1. The van der Waals surface area contributed by atoms with Gasteiger partial charge in [-0.05, 0) is 31.0 Å². The van der Waals surface area contributed by atoms with Crippen molar-refractivity contribution in [3.05, 3.63) is 41.2 Å². The Bertz CT molecular complexity index is 752. The predicted molar refractivity (Wildman–Crippen MR) is 84.8 cm³/mol. The van der Waals surface area contributed by atoms with E-state index in [1.807, 2.05) is 19.1 Å². The minimum absolute atomic E-state index is 0.177. The first kappa shape index (κ1) is 15.0. The van der Waals surface area contributed by atoms with Crippen LogP contribution in [0.25, 0.3) is 0 Å². The maximum Gasteiger partial charge on any atom is 0.293 e. The number of nitriles is 1. The molecule has 1 aliphatic heterocycles. The maximum atomic E-state index is 12.6. The van der Waals surface area contributed by atoms with E-state index in [1.165, 1.54) is 0 Å². The second-order valence-electron chi connectivity index (χ2n) is 5.59. The summed E-state index contributed by atoms with van der Waals surface area (Å²) < 4.78 is 1.73. The van der Waals surface area contributed by atoms with Gasteiger partial charge in [0.2, 0.25) is 11.8 Å². The largest absolute Gasteiger partial charge is 0.354 e. The standard InChI is InChI=1S/C16H18N6O/c1-11(13-6-3-5-12(9-13)10-17)21(2)15(23)14-19-16-18-7-4-8-22(16)20-14/h3,5-6,9,11H,4,7-8H2,1-2H3,(H,18,19,20). The van der Waals surface area contributed by atoms with Crippen LogP contribution in [-0.4, -0.2) is 39.2 Å². The molecule has 118 valence electrons. The highest BCUT2D eigenvalue weighted by atomic mass is 16.2. The van der Waals surface area contributed by atoms with Gasteiger partial charge in [-0.25, -0.2) is 4.68 Å². The van der Waals surface area contributed by atoms with E-state index < -0.39 is 0 Å². The summed E-state index contributed by atoms with van der Waals surface area (Å²) in [5, 5.41) is 16.4. The van der Waals surface area contributed by atoms with Crippen LogP contribution < -0.4 is 5.32 Å². The van der Waals surface area contributed by atoms with Crippen molar-refractivity contribution >= 4 is 11.9 Å². The van der Waals surface area contributed by atoms with Gasteiger partial charge in [0.25, 0.3) is 5.91 Å². The fourth-order valence-electron chi connectivity index (χ4n) is 2.57. The lowest BCUT2D eigenvalue weighted by Gasteiger charge is -2.24. The minimum Gasteiger partial charge on any atom is -0.354 e. The topological polar surface area (TPSA) is 86.8 Å². The van der Waals surface area contributed by atoms with Gasteiger partial charge in [-0.15, -0.1) is 5.10 Å². The van der Waals surface area contributed by atoms with Crippen molar-refractivity contribution in [3.8, 4) is 6.07 Å². The monoisotopic (exact) mass is 310 g/mol. The Balaban J connectivity index is 1.81. The van der Waals surface area contributed by atoms with Crippen LogP contribution in [0.2, 0.25) is 0 Å². The van der Waals surface area contributed by atoms with Gasteiger partial charge in [0.15, 0.2) is 0 Å². The van der Waals surface area contributed by atoms with E-state index in [9.17, 15) is 4.79 Å². The lowest BCUT2D eigenvalue weighted by atomic mass is 10.0. The molecule has 0 saturated carbocycles. The molecule has 1 aliphatic rings. The molecule has 0 aliphatic carbocycles. The Morgan fingerprint density at radius 3 is 3.09 bits per heavy atom. The van der Waals surface area contributed by atoms with Crippen LogP contribution >= 0.6 is 0 Å². The molecule has 0 fully saturated rings. The van der Waals surface area contributed by atoms with Crippen molar-refractivity contribution in [1.82, 2.24) is 19.7 Å². The van der Waals surface area contributed by atoms with Crippen molar-refractivity contribution in [2.24, 2.45) is 0 Å². The molecule has 1 unspecified atom stereocenters. The molecule has 2 aromatic rings. The summed E-state index contributed by atoms with van der Waals surface area (Å²) in [5.41, 5.74) is 1.48. The molecule has 7 nitrogen and oxygen atoms in total. The van der Waals surface area contributed by atoms with E-state index in [-0.39, 0.29) is 17.8 Å². The van der Waals surface area contributed by atoms with Gasteiger partial charge in [-0.1, -0.05) is 12.1 Å². The van der Waals surface area contributed by atoms with Gasteiger partial charge in [0.1, 0.15) is 0 Å². The number of anilines is 1. The fourth-order valence-corrected chi connectivity index (χ4v) is 2.57. The molecular formula is C16H18N6O. The zero-order chi connectivity index (χ0) is 16.4. The molecule has 1 N–H and O–H groups in total. The molecule has 0 saturated heterocycles. The normalized spacial score (nSPS) is 14.3. The smallest absolute Gasteiger partial charge is 0.293 e. The third-order valence-corrected chi connectivity index (χ3v) is 4.09. The number of nitrogens with zero attached hydrogens (tertiary/aromatic N) is 5. The lowest BCUT2D eigenvalue weighted by Crippen LogP contribution is -2.30. The molecular weight excluding hydrogens is 292 g/mol. The van der Waals surface area contributed by atoms with E-state index in [4.69, 9.17) is 5.26 Å². The van der Waals surface area contributed by atoms with Crippen molar-refractivity contribution in [2.75, 3.05) is 18.9 Å². The number of hydrogen-bond donors (Lipinski definition) is 1. The van der Waals surface area contributed by atoms with Crippen LogP contribution in [0.3, 0.4) is 0 Å². The van der Waals surface area contributed by atoms with Gasteiger partial charge in [0.05, 0.1) is 17.7 Å². The first-order valence-electron chi connectivity index (χ1n) is 7.56. The number of aromatic nitrogens is 3. The van der Waals surface area contributed by atoms with Crippen LogP contribution in [0.15, 0.2) is 24.3 Å². The number of carbonyl (C=O) groups is 1. The highest BCUT2D eigenvalue weighted by Crippen LogP contribution is 2.21. The van der Waals surface area contributed by atoms with Gasteiger partial charge in [-0.3, -0.25) is 4.79 Å². The molecule has 0 spiro atoms. The Morgan fingerprint density at radius 2 is 2.35 bits per heavy atom. The van der Waals surface area contributed by atoms with Gasteiger partial charge in [0, 0.05) is 20.1 Å². The Hall–Kier alpha value is -2.88. The lowest BCUT2D eigenvalue weighted by molar-refractivity contribution is 0.0730. The second-order valence-corrected chi connectivity index (χ2v) is 5.59. The molecule has 1 atom stereocenters. The zero-order valence-corrected chi connectivity index (χ0v) is 13.2. The third-order valence-electron chi connectivity index (χ3n) is 4.09. The Labute approximate surface area is 134 Å². The average Bonchev–Trinajstić information content (AvgIpc) is 3.04. The van der Waals surface area contributed by atoms with Gasteiger partial charge >= 0.3 is 0 Å². The summed E-state index contributed by atoms with van der Waals surface area (Å²) in [6.45, 7) is 3.54. The van der Waals surface area contributed by atoms with E-state index in [1.54, 1.807) is 28.8 Å². The SMILES string of the molecule is CC(c1cccc(C#N)c1)N(C)C(=O)c1nc2n(n1)CCCN2. The molecule has 7 heteroatoms. The summed E-state index contributed by atoms with van der Waals surface area (Å²) in [7, 11) is 1.72. The van der Waals surface area contributed by atoms with E-state index in [0.717, 1.165) is 25.1 Å². The molecule has 2 heterocycles. The number of benzene rings is 1. The van der Waals surface area contributed by atoms with Crippen LogP contribution in [0, 0.1) is 11.3 Å². The zero-order valence-electron chi connectivity index (χ0n) is 13.2. The van der Waals surface area contributed by atoms with E-state index in [0.29, 0.717) is 11.5 Å². The highest BCUT2D eigenvalue weighted by Gasteiger charge is 2.25. The van der Waals surface area contributed by atoms with Crippen LogP contribution in [0.4, 0.5) is 5.95 Å². The molecule has 1 aromatic heterocycles. The average molecular weight is 310 g/mol. The minimum atomic E-state index is -0.233. The van der Waals surface area contributed by atoms with Crippen molar-refractivity contribution in [1.29, 1.82) is 5.26 Å². The molecule has 23 heavy (non-hydrogen) atoms. The predicted octanol–water partition coefficient (Wildman–Crippen LogP) is 1.80. The van der Waals surface area contributed by atoms with Crippen molar-refractivity contribution < 1.29 is 4.79 Å². The van der Waals surface area contributed by atoms with Crippen LogP contribution in [0.5, 0.6) is 0 Å². The molecule has 0 bridgehead atoms. The van der Waals surface area contributed by atoms with Crippen molar-refractivity contribution in [3.63, 3.8) is 0 Å². The van der Waals surface area contributed by atoms with Gasteiger partial charge in [-0.2, -0.15) is 10.2 Å². The number of fused-ring (bicyclic) bond motifs is 1. The second kappa shape index (κ2) is 6.08. The third kappa shape index (κ3) is 2.88. The first-order chi connectivity index (χ1) is 11.1. The summed E-state index contributed by atoms with van der Waals surface area (Å²) in [6.07, 6.45) is 0.969. The number of aryl methyl sites for hydroxylation is 1. The quantitative estimate of drug-likeness (QED) is 0.934. The number of carbonyl (C=O) groups excluding carboxylic acids is 1. The first-order valence-corrected chi connectivity index (χ1v) is 7.56. The summed E-state index contributed by atoms with van der Waals surface area (Å²) >= 11 is 0. The molecule has 1 amide bonds. The van der Waals surface area contributed by atoms with E-state index in [2.05, 4.69) is 21.5 Å². The van der Waals surface area contributed by atoms with Gasteiger partial charge < -0.3 is 10.2 Å². The summed E-state index contributed by atoms with van der Waals surface area (Å²) in [5.74, 6) is 0.607. The number of rotatable bonds is 3. The molecule has 3 rings (SSSR count). The van der Waals surface area contributed by atoms with Crippen LogP contribution in [0.1, 0.15) is 41.1 Å². The number of hydrogen-bond acceptors (Lipinski definition) is 5. The Kier molecular flexibility index (Phi) is 3.98. The maximum absolute atomic E-state index is 12.6. The summed E-state index contributed by atoms with van der Waals surface area (Å²) in [4.78, 5) is 18.5. The van der Waals surface area contributed by atoms with Crippen molar-refractivity contribution in [2.45, 2.75) is 25.9 Å². The Morgan fingerprint density at radius 1 is 1.52 bits per heavy atom. The highest BCUT2D eigenvalue weighted by molar-refractivity contribution is 5.90. The number of amides is 1. The summed E-state index contributed by atoms with van der Waals surface area (Å²) in [6, 6.07) is 9.20. The molecule has 1 aromatic carbocycles.